The van der Waals surface area contributed by atoms with Gasteiger partial charge in [-0.15, -0.1) is 10.2 Å². The first-order chi connectivity index (χ1) is 8.08. The van der Waals surface area contributed by atoms with Crippen molar-refractivity contribution in [3.8, 4) is 0 Å². The van der Waals surface area contributed by atoms with Gasteiger partial charge in [-0.2, -0.15) is 0 Å². The highest BCUT2D eigenvalue weighted by molar-refractivity contribution is 7.15. The summed E-state index contributed by atoms with van der Waals surface area (Å²) in [5, 5.41) is 19.4. The molecule has 1 aromatic rings. The van der Waals surface area contributed by atoms with Crippen LogP contribution < -0.4 is 4.90 Å². The largest absolute Gasteiger partial charge is 0.371 e. The molecule has 3 unspecified atom stereocenters. The molecule has 92 valence electrons. The normalized spacial score (nSPS) is 32.4. The Labute approximate surface area is 103 Å². The van der Waals surface area contributed by atoms with Gasteiger partial charge < -0.3 is 10.0 Å². The monoisotopic (exact) mass is 254 g/mol. The lowest BCUT2D eigenvalue weighted by Crippen LogP contribution is -2.34. The van der Waals surface area contributed by atoms with Gasteiger partial charge in [-0.05, 0) is 12.3 Å². The fourth-order valence-electron chi connectivity index (χ4n) is 2.07. The van der Waals surface area contributed by atoms with E-state index in [1.165, 1.54) is 21.1 Å². The summed E-state index contributed by atoms with van der Waals surface area (Å²) in [7, 11) is 1.66. The van der Waals surface area contributed by atoms with E-state index in [-0.39, 0.29) is 6.03 Å². The van der Waals surface area contributed by atoms with Crippen molar-refractivity contribution < 1.29 is 9.90 Å². The van der Waals surface area contributed by atoms with Gasteiger partial charge in [-0.3, -0.25) is 0 Å². The number of nitrogens with zero attached hydrogens (tertiary/aromatic N) is 4. The van der Waals surface area contributed by atoms with E-state index in [1.54, 1.807) is 7.05 Å². The Morgan fingerprint density at radius 1 is 1.47 bits per heavy atom. The molecule has 1 saturated carbocycles. The predicted octanol–water partition coefficient (Wildman–Crippen LogP) is 0.852. The van der Waals surface area contributed by atoms with Gasteiger partial charge in [-0.25, -0.2) is 9.69 Å². The van der Waals surface area contributed by atoms with Crippen LogP contribution in [0.1, 0.15) is 24.3 Å². The zero-order chi connectivity index (χ0) is 12.2. The third-order valence-corrected chi connectivity index (χ3v) is 4.39. The van der Waals surface area contributed by atoms with Gasteiger partial charge in [-0.1, -0.05) is 18.3 Å². The molecule has 2 aliphatic rings. The number of carbonyl (C=O) groups excluding carboxylic acids is 1. The minimum atomic E-state index is -0.815. The van der Waals surface area contributed by atoms with Crippen molar-refractivity contribution in [1.29, 1.82) is 0 Å². The van der Waals surface area contributed by atoms with Crippen molar-refractivity contribution in [3.05, 3.63) is 5.01 Å². The molecule has 0 bridgehead atoms. The van der Waals surface area contributed by atoms with Crippen molar-refractivity contribution in [1.82, 2.24) is 15.1 Å². The van der Waals surface area contributed by atoms with Gasteiger partial charge in [0.2, 0.25) is 5.13 Å². The second-order valence-electron chi connectivity index (χ2n) is 4.76. The van der Waals surface area contributed by atoms with Crippen molar-refractivity contribution in [2.75, 3.05) is 18.5 Å². The van der Waals surface area contributed by atoms with Crippen molar-refractivity contribution >= 4 is 22.5 Å². The fraction of sp³-hybridized carbons (Fsp3) is 0.700. The van der Waals surface area contributed by atoms with Crippen LogP contribution in [0.5, 0.6) is 0 Å². The van der Waals surface area contributed by atoms with E-state index < -0.39 is 6.23 Å². The molecule has 1 aliphatic carbocycles. The van der Waals surface area contributed by atoms with Gasteiger partial charge in [0, 0.05) is 13.0 Å². The van der Waals surface area contributed by atoms with E-state index in [2.05, 4.69) is 17.1 Å². The Morgan fingerprint density at radius 2 is 2.18 bits per heavy atom. The summed E-state index contributed by atoms with van der Waals surface area (Å²) in [6.07, 6.45) is 0.329. The van der Waals surface area contributed by atoms with Crippen molar-refractivity contribution in [2.24, 2.45) is 5.92 Å². The van der Waals surface area contributed by atoms with Crippen LogP contribution in [0, 0.1) is 5.92 Å². The third kappa shape index (κ3) is 1.69. The molecule has 1 aromatic heterocycles. The van der Waals surface area contributed by atoms with Gasteiger partial charge in [0.25, 0.3) is 0 Å². The summed E-state index contributed by atoms with van der Waals surface area (Å²) in [5.74, 6) is 1.16. The van der Waals surface area contributed by atoms with Crippen LogP contribution in [0.2, 0.25) is 0 Å². The van der Waals surface area contributed by atoms with E-state index in [9.17, 15) is 9.90 Å². The zero-order valence-electron chi connectivity index (χ0n) is 9.70. The molecule has 1 aliphatic heterocycles. The molecule has 0 spiro atoms. The molecule has 0 aromatic carbocycles. The number of aromatic nitrogens is 2. The van der Waals surface area contributed by atoms with E-state index >= 15 is 0 Å². The maximum absolute atomic E-state index is 11.8. The standard InChI is InChI=1S/C10H14N4O2S/c1-5-3-6(5)8-11-12-9(17-8)14-7(15)4-13(2)10(14)16/h5-7,15H,3-4H2,1-2H3. The number of hydrogen-bond acceptors (Lipinski definition) is 5. The SMILES string of the molecule is CC1CC1c1nnc(N2C(=O)N(C)CC2O)s1. The number of carbonyl (C=O) groups is 1. The number of amides is 2. The van der Waals surface area contributed by atoms with Crippen LogP contribution >= 0.6 is 11.3 Å². The smallest absolute Gasteiger partial charge is 0.328 e. The number of aliphatic hydroxyl groups is 1. The lowest BCUT2D eigenvalue weighted by molar-refractivity contribution is 0.183. The summed E-state index contributed by atoms with van der Waals surface area (Å²) in [4.78, 5) is 14.6. The van der Waals surface area contributed by atoms with Crippen LogP contribution in [0.3, 0.4) is 0 Å². The summed E-state index contributed by atoms with van der Waals surface area (Å²) < 4.78 is 0. The molecule has 6 nitrogen and oxygen atoms in total. The van der Waals surface area contributed by atoms with E-state index in [0.29, 0.717) is 23.5 Å². The van der Waals surface area contributed by atoms with Crippen molar-refractivity contribution in [3.63, 3.8) is 0 Å². The molecule has 7 heteroatoms. The highest BCUT2D eigenvalue weighted by Crippen LogP contribution is 2.48. The topological polar surface area (TPSA) is 69.6 Å². The molecule has 2 fully saturated rings. The number of likely N-dealkylation sites (N-methyl/N-ethyl adjacent to an activating group) is 1. The van der Waals surface area contributed by atoms with E-state index in [0.717, 1.165) is 11.4 Å². The number of rotatable bonds is 2. The number of β-amino-alcohol motifs (C(OH)–C–C–N with tert-alkyl or cyclic N) is 1. The van der Waals surface area contributed by atoms with E-state index in [4.69, 9.17) is 0 Å². The Hall–Kier alpha value is -1.21. The number of urea groups is 1. The maximum atomic E-state index is 11.8. The fourth-order valence-corrected chi connectivity index (χ4v) is 3.19. The Morgan fingerprint density at radius 3 is 2.71 bits per heavy atom. The molecule has 1 N–H and O–H groups in total. The highest BCUT2D eigenvalue weighted by atomic mass is 32.1. The minimum Gasteiger partial charge on any atom is -0.371 e. The Kier molecular flexibility index (Phi) is 2.34. The summed E-state index contributed by atoms with van der Waals surface area (Å²) in [6, 6.07) is -0.218. The summed E-state index contributed by atoms with van der Waals surface area (Å²) >= 11 is 1.41. The molecule has 3 rings (SSSR count). The second kappa shape index (κ2) is 3.64. The van der Waals surface area contributed by atoms with Crippen LogP contribution in [-0.4, -0.2) is 46.1 Å². The quantitative estimate of drug-likeness (QED) is 0.849. The molecule has 2 heterocycles. The average Bonchev–Trinajstić information content (AvgIpc) is 2.71. The van der Waals surface area contributed by atoms with Crippen LogP contribution in [0.15, 0.2) is 0 Å². The predicted molar refractivity (Wildman–Crippen MR) is 62.9 cm³/mol. The van der Waals surface area contributed by atoms with Crippen LogP contribution in [0.25, 0.3) is 0 Å². The van der Waals surface area contributed by atoms with Crippen LogP contribution in [-0.2, 0) is 0 Å². The third-order valence-electron chi connectivity index (χ3n) is 3.33. The zero-order valence-corrected chi connectivity index (χ0v) is 10.5. The molecule has 0 radical (unpaired) electrons. The molecule has 3 atom stereocenters. The molecular formula is C10H14N4O2S. The summed E-state index contributed by atoms with van der Waals surface area (Å²) in [6.45, 7) is 2.49. The first-order valence-electron chi connectivity index (χ1n) is 5.63. The van der Waals surface area contributed by atoms with Gasteiger partial charge in [0.1, 0.15) is 5.01 Å². The molecule has 1 saturated heterocycles. The average molecular weight is 254 g/mol. The Balaban J connectivity index is 1.84. The van der Waals surface area contributed by atoms with Crippen LogP contribution in [0.4, 0.5) is 9.93 Å². The lowest BCUT2D eigenvalue weighted by atomic mass is 10.4. The molecule has 17 heavy (non-hydrogen) atoms. The van der Waals surface area contributed by atoms with Gasteiger partial charge in [0.05, 0.1) is 6.54 Å². The van der Waals surface area contributed by atoms with Gasteiger partial charge in [0.15, 0.2) is 6.23 Å². The van der Waals surface area contributed by atoms with Crippen molar-refractivity contribution in [2.45, 2.75) is 25.5 Å². The highest BCUT2D eigenvalue weighted by Gasteiger charge is 2.40. The second-order valence-corrected chi connectivity index (χ2v) is 5.74. The number of hydrogen-bond donors (Lipinski definition) is 1. The van der Waals surface area contributed by atoms with Gasteiger partial charge >= 0.3 is 6.03 Å². The minimum absolute atomic E-state index is 0.218. The Bertz CT molecular complexity index is 463. The first-order valence-corrected chi connectivity index (χ1v) is 6.45. The maximum Gasteiger partial charge on any atom is 0.328 e. The molecular weight excluding hydrogens is 240 g/mol. The van der Waals surface area contributed by atoms with E-state index in [1.807, 2.05) is 0 Å². The molecule has 2 amide bonds. The number of aliphatic hydroxyl groups excluding tert-OH is 1. The lowest BCUT2D eigenvalue weighted by Gasteiger charge is -2.14. The first kappa shape index (κ1) is 10.9. The number of anilines is 1. The summed E-state index contributed by atoms with van der Waals surface area (Å²) in [5.41, 5.74) is 0.